The molecule has 3 saturated carbocycles. The molecular formula is C53H69N9O5S. The lowest BCUT2D eigenvalue weighted by molar-refractivity contribution is -0.156. The van der Waals surface area contributed by atoms with Crippen molar-refractivity contribution in [2.75, 3.05) is 60.0 Å². The lowest BCUT2D eigenvalue weighted by atomic mass is 9.84. The largest absolute Gasteiger partial charge is 0.464 e. The first kappa shape index (κ1) is 44.9. The Morgan fingerprint density at radius 1 is 1.03 bits per heavy atom. The maximum Gasteiger partial charge on any atom is 0.324 e. The SMILES string of the molecule is CO[C@@H](C)c1ncccc1-c1c2c3cc(ccc3n1C1CN(C3CC3)C1)-c1csc(n1)[C@@H](N1CC3(CCCN3C)C1)[C@H](NC(=O)[C@@H]1[C@@H](C)[C@H]1C1CC1)C(=O)N1CCC[C@H](N1)C(=O)OCC(C)(C)C2. The fraction of sp³-hybridized carbons (Fsp3) is 0.642. The molecule has 3 aromatic heterocycles. The van der Waals surface area contributed by atoms with E-state index in [0.29, 0.717) is 49.6 Å². The van der Waals surface area contributed by atoms with Crippen LogP contribution in [0.2, 0.25) is 0 Å². The van der Waals surface area contributed by atoms with E-state index in [2.05, 4.69) is 94.4 Å². The van der Waals surface area contributed by atoms with Gasteiger partial charge >= 0.3 is 5.97 Å². The number of nitrogens with zero attached hydrogens (tertiary/aromatic N) is 7. The number of methoxy groups -OCH3 is 1. The first-order valence-electron chi connectivity index (χ1n) is 25.7. The number of carbonyl (C=O) groups is 3. The number of rotatable bonds is 9. The Bertz CT molecular complexity index is 2630. The number of amides is 2. The first-order valence-corrected chi connectivity index (χ1v) is 26.5. The third-order valence-corrected chi connectivity index (χ3v) is 18.4. The Hall–Kier alpha value is -4.25. The van der Waals surface area contributed by atoms with E-state index in [-0.39, 0.29) is 48.0 Å². The van der Waals surface area contributed by atoms with Crippen molar-refractivity contribution in [2.45, 2.75) is 127 Å². The van der Waals surface area contributed by atoms with Crippen molar-refractivity contribution in [1.29, 1.82) is 0 Å². The molecule has 0 radical (unpaired) electrons. The molecule has 2 N–H and O–H groups in total. The number of hydrogen-bond acceptors (Lipinski definition) is 12. The number of fused-ring (bicyclic) bond motifs is 6. The van der Waals surface area contributed by atoms with Crippen molar-refractivity contribution in [3.05, 3.63) is 58.2 Å². The van der Waals surface area contributed by atoms with Crippen molar-refractivity contribution in [3.63, 3.8) is 0 Å². The molecule has 14 nitrogen and oxygen atoms in total. The van der Waals surface area contributed by atoms with Crippen molar-refractivity contribution in [2.24, 2.45) is 29.1 Å². The summed E-state index contributed by atoms with van der Waals surface area (Å²) in [5.41, 5.74) is 10.2. The highest BCUT2D eigenvalue weighted by molar-refractivity contribution is 7.10. The van der Waals surface area contributed by atoms with E-state index >= 15 is 4.79 Å². The van der Waals surface area contributed by atoms with E-state index in [1.807, 2.05) is 12.3 Å². The molecule has 1 aromatic carbocycles. The van der Waals surface area contributed by atoms with Crippen LogP contribution in [0.1, 0.15) is 114 Å². The Kier molecular flexibility index (Phi) is 11.2. The fourth-order valence-electron chi connectivity index (χ4n) is 13.1. The second-order valence-corrected chi connectivity index (χ2v) is 23.7. The number of carbonyl (C=O) groups excluding carboxylic acids is 3. The molecule has 12 rings (SSSR count). The van der Waals surface area contributed by atoms with Gasteiger partial charge in [0.15, 0.2) is 0 Å². The number of aromatic nitrogens is 3. The third kappa shape index (κ3) is 7.82. The summed E-state index contributed by atoms with van der Waals surface area (Å²) in [5.74, 6) is 0.526. The molecule has 0 unspecified atom stereocenters. The van der Waals surface area contributed by atoms with Crippen molar-refractivity contribution >= 4 is 40.0 Å². The van der Waals surface area contributed by atoms with E-state index in [1.54, 1.807) is 23.5 Å². The quantitative estimate of drug-likeness (QED) is 0.172. The predicted molar refractivity (Wildman–Crippen MR) is 261 cm³/mol. The van der Waals surface area contributed by atoms with Crippen LogP contribution in [0.25, 0.3) is 33.4 Å². The molecule has 1 spiro atoms. The maximum absolute atomic E-state index is 15.3. The van der Waals surface area contributed by atoms with Crippen LogP contribution in [0.4, 0.5) is 0 Å². The zero-order valence-electron chi connectivity index (χ0n) is 40.7. The summed E-state index contributed by atoms with van der Waals surface area (Å²) in [4.78, 5) is 62.1. The molecule has 8 heterocycles. The summed E-state index contributed by atoms with van der Waals surface area (Å²) in [6.07, 6.45) is 10.6. The van der Waals surface area contributed by atoms with Crippen LogP contribution >= 0.6 is 11.3 Å². The van der Waals surface area contributed by atoms with E-state index in [4.69, 9.17) is 19.4 Å². The summed E-state index contributed by atoms with van der Waals surface area (Å²) in [5, 5.41) is 9.12. The maximum atomic E-state index is 15.3. The molecule has 8 aliphatic rings. The second-order valence-electron chi connectivity index (χ2n) is 22.8. The highest BCUT2D eigenvalue weighted by Gasteiger charge is 2.59. The zero-order valence-corrected chi connectivity index (χ0v) is 41.5. The molecule has 3 aliphatic carbocycles. The van der Waals surface area contributed by atoms with Gasteiger partial charge in [0.2, 0.25) is 5.91 Å². The normalized spacial score (nSPS) is 30.5. The molecule has 4 aromatic rings. The Morgan fingerprint density at radius 3 is 2.57 bits per heavy atom. The van der Waals surface area contributed by atoms with E-state index in [1.165, 1.54) is 36.8 Å². The van der Waals surface area contributed by atoms with Gasteiger partial charge in [0.1, 0.15) is 17.1 Å². The number of nitrogens with one attached hydrogen (secondary N) is 2. The molecule has 6 bridgehead atoms. The summed E-state index contributed by atoms with van der Waals surface area (Å²) in [6, 6.07) is 9.88. The van der Waals surface area contributed by atoms with Crippen molar-refractivity contribution < 1.29 is 23.9 Å². The number of hydrogen-bond donors (Lipinski definition) is 2. The average molecular weight is 944 g/mol. The number of thiazole rings is 1. The van der Waals surface area contributed by atoms with Gasteiger partial charge in [-0.05, 0) is 126 Å². The molecule has 15 heteroatoms. The molecule has 5 aliphatic heterocycles. The Balaban J connectivity index is 1.01. The molecule has 362 valence electrons. The zero-order chi connectivity index (χ0) is 46.8. The monoisotopic (exact) mass is 944 g/mol. The lowest BCUT2D eigenvalue weighted by Gasteiger charge is -2.55. The van der Waals surface area contributed by atoms with Gasteiger partial charge in [-0.25, -0.2) is 10.4 Å². The first-order chi connectivity index (χ1) is 32.8. The van der Waals surface area contributed by atoms with Gasteiger partial charge < -0.3 is 19.4 Å². The van der Waals surface area contributed by atoms with Gasteiger partial charge in [-0.3, -0.25) is 39.1 Å². The van der Waals surface area contributed by atoms with Gasteiger partial charge in [0.05, 0.1) is 41.9 Å². The van der Waals surface area contributed by atoms with Crippen LogP contribution in [0.5, 0.6) is 0 Å². The highest BCUT2D eigenvalue weighted by Crippen LogP contribution is 2.59. The second kappa shape index (κ2) is 17.0. The van der Waals surface area contributed by atoms with Gasteiger partial charge in [-0.1, -0.05) is 26.8 Å². The standard InChI is InChI=1S/C53H69N9O5S/c1-30-42(32-12-13-32)43(30)48(63)56-45-47(60-27-53(28-60)18-9-20-58(53)5)49-55-40(26-68-49)33-14-17-41-37(22-33)38(23-52(3,4)29-67-51(65)39-11-8-21-61(57-39)50(45)64)46(36-10-7-19-54-44(36)31(2)66-6)62(41)35-24-59(25-35)34-15-16-34/h7,10,14,17,19,22,26,30-32,34-35,39,42-43,45,47,57H,8-9,11-13,15-16,18,20-21,23-25,27-29H2,1-6H3,(H,56,63)/t30-,31-,39-,42-,43+,45-,47-/m0/s1. The summed E-state index contributed by atoms with van der Waals surface area (Å²) in [6.45, 7) is 13.8. The Morgan fingerprint density at radius 2 is 1.84 bits per heavy atom. The van der Waals surface area contributed by atoms with Crippen LogP contribution in [0.15, 0.2) is 41.9 Å². The lowest BCUT2D eigenvalue weighted by Crippen LogP contribution is -2.70. The minimum absolute atomic E-state index is 0.0371. The molecule has 7 fully saturated rings. The molecule has 2 amide bonds. The van der Waals surface area contributed by atoms with Gasteiger partial charge in [-0.2, -0.15) is 0 Å². The number of likely N-dealkylation sites (N-methyl/N-ethyl adjacent to an activating group) is 1. The molecule has 7 atom stereocenters. The van der Waals surface area contributed by atoms with E-state index in [9.17, 15) is 9.59 Å². The summed E-state index contributed by atoms with van der Waals surface area (Å²) in [7, 11) is 3.96. The number of likely N-dealkylation sites (tertiary alicyclic amines) is 3. The minimum Gasteiger partial charge on any atom is -0.464 e. The number of pyridine rings is 1. The number of ether oxygens (including phenoxy) is 2. The van der Waals surface area contributed by atoms with Gasteiger partial charge in [0.25, 0.3) is 5.91 Å². The van der Waals surface area contributed by atoms with Crippen molar-refractivity contribution in [3.8, 4) is 22.5 Å². The van der Waals surface area contributed by atoms with E-state index < -0.39 is 23.5 Å². The molecule has 68 heavy (non-hydrogen) atoms. The molecule has 4 saturated heterocycles. The van der Waals surface area contributed by atoms with Crippen LogP contribution < -0.4 is 10.7 Å². The number of benzene rings is 1. The Labute approximate surface area is 404 Å². The van der Waals surface area contributed by atoms with Crippen LogP contribution in [-0.2, 0) is 30.3 Å². The minimum atomic E-state index is -0.912. The predicted octanol–water partition coefficient (Wildman–Crippen LogP) is 6.77. The van der Waals surface area contributed by atoms with Crippen LogP contribution in [0.3, 0.4) is 0 Å². The summed E-state index contributed by atoms with van der Waals surface area (Å²) >= 11 is 1.58. The highest BCUT2D eigenvalue weighted by atomic mass is 32.1. The average Bonchev–Trinajstić information content (AvgIpc) is 4.28. The van der Waals surface area contributed by atoms with Gasteiger partial charge in [0, 0.05) is 96.4 Å². The molecular weight excluding hydrogens is 875 g/mol. The fourth-order valence-corrected chi connectivity index (χ4v) is 14.1. The van der Waals surface area contributed by atoms with E-state index in [0.717, 1.165) is 84.2 Å². The smallest absolute Gasteiger partial charge is 0.324 e. The topological polar surface area (TPSA) is 137 Å². The number of hydrazine groups is 1. The number of cyclic esters (lactones) is 1. The third-order valence-electron chi connectivity index (χ3n) is 17.5. The van der Waals surface area contributed by atoms with Gasteiger partial charge in [-0.15, -0.1) is 11.3 Å². The van der Waals surface area contributed by atoms with Crippen molar-refractivity contribution in [1.82, 2.24) is 45.0 Å². The summed E-state index contributed by atoms with van der Waals surface area (Å²) < 4.78 is 14.9. The van der Waals surface area contributed by atoms with Crippen LogP contribution in [-0.4, -0.2) is 136 Å². The number of esters is 1. The van der Waals surface area contributed by atoms with Crippen LogP contribution in [0, 0.1) is 29.1 Å².